The number of rotatable bonds is 2. The first kappa shape index (κ1) is 18.1. The van der Waals surface area contributed by atoms with Crippen molar-refractivity contribution >= 4 is 0 Å². The molecule has 1 fully saturated rings. The van der Waals surface area contributed by atoms with Gasteiger partial charge in [-0.3, -0.25) is 0 Å². The quantitative estimate of drug-likeness (QED) is 0.543. The zero-order chi connectivity index (χ0) is 18.3. The van der Waals surface area contributed by atoms with Crippen LogP contribution in [0.3, 0.4) is 0 Å². The predicted octanol–water partition coefficient (Wildman–Crippen LogP) is 7.16. The van der Waals surface area contributed by atoms with Crippen molar-refractivity contribution in [3.05, 3.63) is 57.7 Å². The third-order valence-corrected chi connectivity index (χ3v) is 6.30. The molecule has 134 valence electrons. The maximum atomic E-state index is 14.9. The summed E-state index contributed by atoms with van der Waals surface area (Å²) in [6.07, 6.45) is 4.35. The van der Waals surface area contributed by atoms with E-state index in [1.165, 1.54) is 5.56 Å². The maximum absolute atomic E-state index is 14.9. The maximum Gasteiger partial charge on any atom is 0.134 e. The molecular weight excluding hydrogens is 314 g/mol. The van der Waals surface area contributed by atoms with Gasteiger partial charge in [0, 0.05) is 0 Å². The normalized spacial score (nSPS) is 20.8. The van der Waals surface area contributed by atoms with Crippen LogP contribution < -0.4 is 0 Å². The van der Waals surface area contributed by atoms with Crippen molar-refractivity contribution < 1.29 is 8.78 Å². The van der Waals surface area contributed by atoms with Crippen molar-refractivity contribution in [2.24, 2.45) is 5.92 Å². The molecule has 0 spiro atoms. The van der Waals surface area contributed by atoms with Crippen LogP contribution in [0.5, 0.6) is 0 Å². The molecule has 0 aliphatic heterocycles. The van der Waals surface area contributed by atoms with E-state index in [1.807, 2.05) is 26.8 Å². The first-order chi connectivity index (χ1) is 11.8. The van der Waals surface area contributed by atoms with E-state index in [2.05, 4.69) is 13.8 Å². The average Bonchev–Trinajstić information content (AvgIpc) is 2.57. The molecule has 0 atom stereocenters. The Balaban J connectivity index is 2.05. The summed E-state index contributed by atoms with van der Waals surface area (Å²) in [5, 5.41) is 0. The average molecular weight is 342 g/mol. The van der Waals surface area contributed by atoms with Crippen molar-refractivity contribution in [1.82, 2.24) is 0 Å². The lowest BCUT2D eigenvalue weighted by molar-refractivity contribution is 0.346. The molecular formula is C23H28F2. The molecule has 0 saturated heterocycles. The van der Waals surface area contributed by atoms with Crippen molar-refractivity contribution in [1.29, 1.82) is 0 Å². The summed E-state index contributed by atoms with van der Waals surface area (Å²) < 4.78 is 29.9. The fraction of sp³-hybridized carbons (Fsp3) is 0.478. The van der Waals surface area contributed by atoms with Gasteiger partial charge in [-0.15, -0.1) is 0 Å². The van der Waals surface area contributed by atoms with Crippen LogP contribution in [-0.4, -0.2) is 0 Å². The number of hydrogen-bond acceptors (Lipinski definition) is 0. The minimum Gasteiger partial charge on any atom is -0.206 e. The Kier molecular flexibility index (Phi) is 4.99. The minimum atomic E-state index is -0.431. The summed E-state index contributed by atoms with van der Waals surface area (Å²) in [4.78, 5) is 0. The summed E-state index contributed by atoms with van der Waals surface area (Å²) in [7, 11) is 0. The highest BCUT2D eigenvalue weighted by Gasteiger charge is 2.23. The molecule has 0 amide bonds. The third kappa shape index (κ3) is 3.36. The number of hydrogen-bond donors (Lipinski definition) is 0. The van der Waals surface area contributed by atoms with Crippen LogP contribution in [0.2, 0.25) is 0 Å². The van der Waals surface area contributed by atoms with Crippen molar-refractivity contribution in [3.63, 3.8) is 0 Å². The van der Waals surface area contributed by atoms with Gasteiger partial charge in [-0.2, -0.15) is 0 Å². The van der Waals surface area contributed by atoms with Crippen LogP contribution in [0.1, 0.15) is 66.3 Å². The van der Waals surface area contributed by atoms with E-state index >= 15 is 0 Å². The second-order valence-electron chi connectivity index (χ2n) is 7.93. The van der Waals surface area contributed by atoms with Gasteiger partial charge in [-0.25, -0.2) is 8.78 Å². The molecule has 2 aromatic carbocycles. The highest BCUT2D eigenvalue weighted by atomic mass is 19.1. The van der Waals surface area contributed by atoms with Crippen LogP contribution in [-0.2, 0) is 0 Å². The second-order valence-corrected chi connectivity index (χ2v) is 7.93. The van der Waals surface area contributed by atoms with Crippen LogP contribution in [0, 0.1) is 45.2 Å². The lowest BCUT2D eigenvalue weighted by atomic mass is 9.79. The lowest BCUT2D eigenvalue weighted by Gasteiger charge is -2.27. The number of halogens is 2. The highest BCUT2D eigenvalue weighted by molar-refractivity contribution is 5.72. The largest absolute Gasteiger partial charge is 0.206 e. The monoisotopic (exact) mass is 342 g/mol. The third-order valence-electron chi connectivity index (χ3n) is 6.30. The minimum absolute atomic E-state index is 0.122. The van der Waals surface area contributed by atoms with Gasteiger partial charge in [-0.1, -0.05) is 25.8 Å². The van der Waals surface area contributed by atoms with Gasteiger partial charge in [0.15, 0.2) is 0 Å². The summed E-state index contributed by atoms with van der Waals surface area (Å²) in [6, 6.07) is 5.06. The molecule has 2 heteroatoms. The van der Waals surface area contributed by atoms with Gasteiger partial charge >= 0.3 is 0 Å². The SMILES string of the molecule is Cc1cc(-c2c(F)cc(C3CCC(C)CC3)cc2F)c(C)c(C)c1C. The molecule has 1 aliphatic rings. The lowest BCUT2D eigenvalue weighted by Crippen LogP contribution is -2.11. The number of benzene rings is 2. The van der Waals surface area contributed by atoms with Crippen LogP contribution in [0.4, 0.5) is 8.78 Å². The van der Waals surface area contributed by atoms with Gasteiger partial charge in [0.2, 0.25) is 0 Å². The molecule has 0 heterocycles. The predicted molar refractivity (Wildman–Crippen MR) is 101 cm³/mol. The van der Waals surface area contributed by atoms with Crippen molar-refractivity contribution in [3.8, 4) is 11.1 Å². The Morgan fingerprint density at radius 2 is 1.32 bits per heavy atom. The van der Waals surface area contributed by atoms with E-state index < -0.39 is 11.6 Å². The van der Waals surface area contributed by atoms with Crippen LogP contribution in [0.15, 0.2) is 18.2 Å². The summed E-state index contributed by atoms with van der Waals surface area (Å²) in [5.74, 6) is 0.155. The first-order valence-electron chi connectivity index (χ1n) is 9.36. The molecule has 0 bridgehead atoms. The zero-order valence-electron chi connectivity index (χ0n) is 16.0. The van der Waals surface area contributed by atoms with E-state index in [9.17, 15) is 8.78 Å². The standard InChI is InChI=1S/C23H28F2/c1-13-6-8-18(9-7-13)19-11-21(24)23(22(25)12-19)20-10-14(2)15(3)16(4)17(20)5/h10-13,18H,6-9H2,1-5H3. The van der Waals surface area contributed by atoms with Crippen LogP contribution in [0.25, 0.3) is 11.1 Å². The Labute approximate surface area is 150 Å². The zero-order valence-corrected chi connectivity index (χ0v) is 16.0. The molecule has 0 radical (unpaired) electrons. The van der Waals surface area contributed by atoms with E-state index in [-0.39, 0.29) is 11.5 Å². The fourth-order valence-corrected chi connectivity index (χ4v) is 4.15. The Morgan fingerprint density at radius 3 is 1.88 bits per heavy atom. The fourth-order valence-electron chi connectivity index (χ4n) is 4.15. The summed E-state index contributed by atoms with van der Waals surface area (Å²) in [6.45, 7) is 10.3. The van der Waals surface area contributed by atoms with Gasteiger partial charge in [-0.05, 0) is 97.9 Å². The Bertz CT molecular complexity index is 773. The Hall–Kier alpha value is -1.70. The van der Waals surface area contributed by atoms with Crippen molar-refractivity contribution in [2.75, 3.05) is 0 Å². The van der Waals surface area contributed by atoms with Crippen LogP contribution >= 0.6 is 0 Å². The molecule has 0 aromatic heterocycles. The molecule has 1 saturated carbocycles. The van der Waals surface area contributed by atoms with Gasteiger partial charge in [0.25, 0.3) is 0 Å². The summed E-state index contributed by atoms with van der Waals surface area (Å²) >= 11 is 0. The van der Waals surface area contributed by atoms with E-state index in [0.29, 0.717) is 5.56 Å². The van der Waals surface area contributed by atoms with Gasteiger partial charge in [0.05, 0.1) is 5.56 Å². The summed E-state index contributed by atoms with van der Waals surface area (Å²) in [5.41, 5.74) is 5.96. The first-order valence-corrected chi connectivity index (χ1v) is 9.36. The Morgan fingerprint density at radius 1 is 0.760 bits per heavy atom. The second kappa shape index (κ2) is 6.90. The van der Waals surface area contributed by atoms with E-state index in [0.717, 1.165) is 53.9 Å². The molecule has 1 aliphatic carbocycles. The highest BCUT2D eigenvalue weighted by Crippen LogP contribution is 2.39. The molecule has 3 rings (SSSR count). The molecule has 0 unspecified atom stereocenters. The molecule has 2 aromatic rings. The molecule has 0 nitrogen and oxygen atoms in total. The molecule has 0 N–H and O–H groups in total. The van der Waals surface area contributed by atoms with E-state index in [4.69, 9.17) is 0 Å². The van der Waals surface area contributed by atoms with Crippen molar-refractivity contribution in [2.45, 2.75) is 66.2 Å². The van der Waals surface area contributed by atoms with Gasteiger partial charge < -0.3 is 0 Å². The number of aryl methyl sites for hydroxylation is 1. The van der Waals surface area contributed by atoms with E-state index in [1.54, 1.807) is 12.1 Å². The smallest absolute Gasteiger partial charge is 0.134 e. The topological polar surface area (TPSA) is 0 Å². The molecule has 25 heavy (non-hydrogen) atoms. The van der Waals surface area contributed by atoms with Gasteiger partial charge in [0.1, 0.15) is 11.6 Å².